The van der Waals surface area contributed by atoms with Gasteiger partial charge in [-0.2, -0.15) is 5.26 Å². The quantitative estimate of drug-likeness (QED) is 0.777. The number of nitriles is 1. The van der Waals surface area contributed by atoms with Crippen LogP contribution in [-0.2, 0) is 0 Å². The number of hydrogen-bond donors (Lipinski definition) is 0. The Labute approximate surface area is 127 Å². The first-order valence-electron chi connectivity index (χ1n) is 7.05. The van der Waals surface area contributed by atoms with Crippen LogP contribution in [-0.4, -0.2) is 0 Å². The minimum Gasteiger partial charge on any atom is -0.198 e. The maximum absolute atomic E-state index is 9.06. The Morgan fingerprint density at radius 1 is 0.905 bits per heavy atom. The molecule has 0 amide bonds. The normalized spacial score (nSPS) is 16.8. The van der Waals surface area contributed by atoms with Crippen LogP contribution in [0.25, 0.3) is 0 Å². The zero-order valence-electron chi connectivity index (χ0n) is 11.7. The molecule has 1 atom stereocenters. The Balaban J connectivity index is 2.04. The summed E-state index contributed by atoms with van der Waals surface area (Å²) >= 11 is 0. The van der Waals surface area contributed by atoms with E-state index < -0.39 is 7.92 Å². The summed E-state index contributed by atoms with van der Waals surface area (Å²) in [6, 6.07) is 23.6. The van der Waals surface area contributed by atoms with Crippen molar-refractivity contribution in [1.29, 1.82) is 5.26 Å². The second kappa shape index (κ2) is 6.53. The van der Waals surface area contributed by atoms with Gasteiger partial charge in [-0.3, -0.25) is 0 Å². The van der Waals surface area contributed by atoms with E-state index in [1.165, 1.54) is 15.9 Å². The lowest BCUT2D eigenvalue weighted by molar-refractivity contribution is 0.839. The molecule has 0 saturated heterocycles. The van der Waals surface area contributed by atoms with Crippen LogP contribution in [0.2, 0.25) is 0 Å². The Bertz CT molecular complexity index is 656. The zero-order valence-corrected chi connectivity index (χ0v) is 12.6. The van der Waals surface area contributed by atoms with Gasteiger partial charge in [0.1, 0.15) is 0 Å². The van der Waals surface area contributed by atoms with E-state index in [-0.39, 0.29) is 5.92 Å². The smallest absolute Gasteiger partial charge is 0.0631 e. The molecule has 1 aliphatic rings. The molecule has 0 saturated carbocycles. The van der Waals surface area contributed by atoms with Crippen molar-refractivity contribution in [3.8, 4) is 6.07 Å². The van der Waals surface area contributed by atoms with Crippen LogP contribution in [0.1, 0.15) is 6.42 Å². The minimum atomic E-state index is -0.555. The third-order valence-electron chi connectivity index (χ3n) is 3.59. The standard InChI is InChI=1S/C19H16NP/c20-15-14-16-8-7-13-19(16)21(17-9-3-1-4-10-17)18-11-5-2-6-12-18/h1-13,16H,14H2. The van der Waals surface area contributed by atoms with Gasteiger partial charge in [-0.1, -0.05) is 78.9 Å². The lowest BCUT2D eigenvalue weighted by Crippen LogP contribution is -2.15. The van der Waals surface area contributed by atoms with Gasteiger partial charge in [0, 0.05) is 12.3 Å². The van der Waals surface area contributed by atoms with Crippen LogP contribution in [0, 0.1) is 17.2 Å². The Kier molecular flexibility index (Phi) is 4.29. The van der Waals surface area contributed by atoms with Gasteiger partial charge in [0.15, 0.2) is 0 Å². The van der Waals surface area contributed by atoms with E-state index >= 15 is 0 Å². The van der Waals surface area contributed by atoms with E-state index in [9.17, 15) is 0 Å². The topological polar surface area (TPSA) is 23.8 Å². The second-order valence-electron chi connectivity index (χ2n) is 4.95. The first-order valence-corrected chi connectivity index (χ1v) is 8.40. The van der Waals surface area contributed by atoms with Gasteiger partial charge in [0.05, 0.1) is 6.07 Å². The van der Waals surface area contributed by atoms with E-state index in [0.717, 1.165) is 0 Å². The van der Waals surface area contributed by atoms with Crippen LogP contribution in [0.5, 0.6) is 0 Å². The van der Waals surface area contributed by atoms with Crippen LogP contribution in [0.4, 0.5) is 0 Å². The lowest BCUT2D eigenvalue weighted by Gasteiger charge is -2.24. The summed E-state index contributed by atoms with van der Waals surface area (Å²) in [5.41, 5.74) is 0. The van der Waals surface area contributed by atoms with Crippen LogP contribution in [0.15, 0.2) is 84.2 Å². The maximum atomic E-state index is 9.06. The van der Waals surface area contributed by atoms with Gasteiger partial charge in [-0.05, 0) is 23.8 Å². The Morgan fingerprint density at radius 2 is 1.48 bits per heavy atom. The monoisotopic (exact) mass is 289 g/mol. The third kappa shape index (κ3) is 2.97. The predicted octanol–water partition coefficient (Wildman–Crippen LogP) is 4.10. The van der Waals surface area contributed by atoms with Crippen LogP contribution >= 0.6 is 7.92 Å². The molecule has 0 N–H and O–H groups in total. The molecule has 3 rings (SSSR count). The highest BCUT2D eigenvalue weighted by molar-refractivity contribution is 7.76. The Hall–Kier alpha value is -2.16. The number of rotatable bonds is 4. The fraction of sp³-hybridized carbons (Fsp3) is 0.105. The first kappa shape index (κ1) is 13.8. The van der Waals surface area contributed by atoms with Crippen molar-refractivity contribution >= 4 is 18.5 Å². The van der Waals surface area contributed by atoms with E-state index in [1.54, 1.807) is 0 Å². The molecule has 0 radical (unpaired) electrons. The van der Waals surface area contributed by atoms with E-state index in [0.29, 0.717) is 6.42 Å². The lowest BCUT2D eigenvalue weighted by atomic mass is 10.1. The molecule has 0 bridgehead atoms. The average molecular weight is 289 g/mol. The molecule has 102 valence electrons. The summed E-state index contributed by atoms with van der Waals surface area (Å²) in [6.07, 6.45) is 7.01. The summed E-state index contributed by atoms with van der Waals surface area (Å²) in [5.74, 6) is 0.251. The fourth-order valence-electron chi connectivity index (χ4n) is 2.62. The molecule has 0 spiro atoms. The number of hydrogen-bond acceptors (Lipinski definition) is 1. The largest absolute Gasteiger partial charge is 0.198 e. The molecule has 1 unspecified atom stereocenters. The SMILES string of the molecule is N#CCC1C=CC=C1P(c1ccccc1)c1ccccc1. The summed E-state index contributed by atoms with van der Waals surface area (Å²) in [6.45, 7) is 0. The predicted molar refractivity (Wildman–Crippen MR) is 90.0 cm³/mol. The molecule has 0 aromatic heterocycles. The molecular weight excluding hydrogens is 273 g/mol. The maximum Gasteiger partial charge on any atom is 0.0631 e. The van der Waals surface area contributed by atoms with Crippen molar-refractivity contribution < 1.29 is 0 Å². The van der Waals surface area contributed by atoms with Gasteiger partial charge in [0.2, 0.25) is 0 Å². The van der Waals surface area contributed by atoms with Crippen LogP contribution < -0.4 is 10.6 Å². The second-order valence-corrected chi connectivity index (χ2v) is 7.17. The highest BCUT2D eigenvalue weighted by atomic mass is 31.1. The molecule has 1 nitrogen and oxygen atoms in total. The summed E-state index contributed by atoms with van der Waals surface area (Å²) in [4.78, 5) is 0. The van der Waals surface area contributed by atoms with Crippen molar-refractivity contribution in [3.63, 3.8) is 0 Å². The third-order valence-corrected chi connectivity index (χ3v) is 6.21. The molecule has 0 aliphatic heterocycles. The van der Waals surface area contributed by atoms with Crippen molar-refractivity contribution in [2.24, 2.45) is 5.92 Å². The van der Waals surface area contributed by atoms with Gasteiger partial charge >= 0.3 is 0 Å². The summed E-state index contributed by atoms with van der Waals surface area (Å²) < 4.78 is 0. The average Bonchev–Trinajstić information content (AvgIpc) is 2.98. The minimum absolute atomic E-state index is 0.251. The molecule has 2 aromatic rings. The van der Waals surface area contributed by atoms with Crippen molar-refractivity contribution in [2.45, 2.75) is 6.42 Å². The number of nitrogens with zero attached hydrogens (tertiary/aromatic N) is 1. The molecule has 0 heterocycles. The Morgan fingerprint density at radius 3 is 2.00 bits per heavy atom. The number of benzene rings is 2. The molecule has 2 heteroatoms. The van der Waals surface area contributed by atoms with E-state index in [4.69, 9.17) is 5.26 Å². The van der Waals surface area contributed by atoms with Gasteiger partial charge in [-0.25, -0.2) is 0 Å². The molecular formula is C19H16NP. The summed E-state index contributed by atoms with van der Waals surface area (Å²) in [7, 11) is -0.555. The molecule has 2 aromatic carbocycles. The van der Waals surface area contributed by atoms with E-state index in [2.05, 4.69) is 85.0 Å². The highest BCUT2D eigenvalue weighted by Gasteiger charge is 2.25. The van der Waals surface area contributed by atoms with Crippen molar-refractivity contribution in [2.75, 3.05) is 0 Å². The molecule has 1 aliphatic carbocycles. The first-order chi connectivity index (χ1) is 10.4. The van der Waals surface area contributed by atoms with Gasteiger partial charge in [-0.15, -0.1) is 0 Å². The van der Waals surface area contributed by atoms with Crippen molar-refractivity contribution in [3.05, 3.63) is 84.2 Å². The number of allylic oxidation sites excluding steroid dienone is 4. The highest BCUT2D eigenvalue weighted by Crippen LogP contribution is 2.49. The summed E-state index contributed by atoms with van der Waals surface area (Å²) in [5, 5.41) is 13.1. The zero-order chi connectivity index (χ0) is 14.5. The molecule has 0 fully saturated rings. The fourth-order valence-corrected chi connectivity index (χ4v) is 5.20. The van der Waals surface area contributed by atoms with Gasteiger partial charge in [0.25, 0.3) is 0 Å². The molecule has 21 heavy (non-hydrogen) atoms. The van der Waals surface area contributed by atoms with E-state index in [1.807, 2.05) is 0 Å². The van der Waals surface area contributed by atoms with Gasteiger partial charge < -0.3 is 0 Å². The van der Waals surface area contributed by atoms with Crippen LogP contribution in [0.3, 0.4) is 0 Å². The van der Waals surface area contributed by atoms with Crippen molar-refractivity contribution in [1.82, 2.24) is 0 Å².